The molecular weight excluding hydrogens is 214 g/mol. The van der Waals surface area contributed by atoms with Crippen molar-refractivity contribution in [2.75, 3.05) is 20.8 Å². The molecule has 0 atom stereocenters. The van der Waals surface area contributed by atoms with Gasteiger partial charge in [0.25, 0.3) is 0 Å². The number of carbonyl (C=O) groups excluding carboxylic acids is 1. The van der Waals surface area contributed by atoms with Crippen molar-refractivity contribution in [2.45, 2.75) is 26.6 Å². The Balaban J connectivity index is 4.05. The van der Waals surface area contributed by atoms with Crippen molar-refractivity contribution in [3.8, 4) is 0 Å². The van der Waals surface area contributed by atoms with Crippen molar-refractivity contribution >= 4 is 11.9 Å². The molecule has 6 heteroatoms. The first-order chi connectivity index (χ1) is 7.33. The summed E-state index contributed by atoms with van der Waals surface area (Å²) in [6.45, 7) is 3.19. The number of ether oxygens (including phenoxy) is 2. The van der Waals surface area contributed by atoms with E-state index in [-0.39, 0.29) is 18.9 Å². The van der Waals surface area contributed by atoms with E-state index in [4.69, 9.17) is 14.6 Å². The quantitative estimate of drug-likeness (QED) is 0.614. The van der Waals surface area contributed by atoms with Gasteiger partial charge in [0.15, 0.2) is 6.29 Å². The molecule has 0 aliphatic rings. The minimum absolute atomic E-state index is 0.0809. The molecule has 0 saturated carbocycles. The van der Waals surface area contributed by atoms with Crippen LogP contribution >= 0.6 is 0 Å². The van der Waals surface area contributed by atoms with E-state index in [0.29, 0.717) is 0 Å². The molecule has 0 aliphatic carbocycles. The fraction of sp³-hybridized carbons (Fsp3) is 0.800. The van der Waals surface area contributed by atoms with Crippen LogP contribution in [0.5, 0.6) is 0 Å². The zero-order valence-electron chi connectivity index (χ0n) is 10.1. The maximum Gasteiger partial charge on any atom is 0.309 e. The van der Waals surface area contributed by atoms with Gasteiger partial charge in [0.1, 0.15) is 0 Å². The molecule has 1 amide bonds. The van der Waals surface area contributed by atoms with Crippen LogP contribution in [0.25, 0.3) is 0 Å². The maximum absolute atomic E-state index is 11.4. The molecule has 0 aromatic rings. The number of carboxylic acids is 1. The number of hydrogen-bond acceptors (Lipinski definition) is 4. The Hall–Kier alpha value is -1.14. The second kappa shape index (κ2) is 6.44. The summed E-state index contributed by atoms with van der Waals surface area (Å²) in [5.74, 6) is -1.34. The molecule has 6 nitrogen and oxygen atoms in total. The SMILES string of the molecule is COC(CNC(=O)CC(C)(C)C(=O)O)OC. The summed E-state index contributed by atoms with van der Waals surface area (Å²) < 4.78 is 9.75. The average Bonchev–Trinajstić information content (AvgIpc) is 2.18. The third-order valence-corrected chi connectivity index (χ3v) is 2.17. The Kier molecular flexibility index (Phi) is 5.98. The minimum atomic E-state index is -1.07. The minimum Gasteiger partial charge on any atom is -0.481 e. The van der Waals surface area contributed by atoms with E-state index >= 15 is 0 Å². The van der Waals surface area contributed by atoms with Crippen molar-refractivity contribution < 1.29 is 24.2 Å². The Bertz CT molecular complexity index is 248. The molecule has 0 fully saturated rings. The van der Waals surface area contributed by atoms with Gasteiger partial charge in [0, 0.05) is 20.6 Å². The summed E-state index contributed by atoms with van der Waals surface area (Å²) in [4.78, 5) is 22.2. The van der Waals surface area contributed by atoms with Gasteiger partial charge in [0.05, 0.1) is 12.0 Å². The first-order valence-electron chi connectivity index (χ1n) is 4.89. The van der Waals surface area contributed by atoms with Crippen LogP contribution in [0.15, 0.2) is 0 Å². The zero-order valence-corrected chi connectivity index (χ0v) is 10.1. The van der Waals surface area contributed by atoms with Crippen molar-refractivity contribution in [1.29, 1.82) is 0 Å². The highest BCUT2D eigenvalue weighted by molar-refractivity contribution is 5.84. The normalized spacial score (nSPS) is 11.6. The number of methoxy groups -OCH3 is 2. The third kappa shape index (κ3) is 5.09. The maximum atomic E-state index is 11.4. The number of carbonyl (C=O) groups is 2. The van der Waals surface area contributed by atoms with Crippen LogP contribution in [0.1, 0.15) is 20.3 Å². The van der Waals surface area contributed by atoms with E-state index in [2.05, 4.69) is 5.32 Å². The summed E-state index contributed by atoms with van der Waals surface area (Å²) in [6.07, 6.45) is -0.598. The van der Waals surface area contributed by atoms with Crippen molar-refractivity contribution in [3.63, 3.8) is 0 Å². The van der Waals surface area contributed by atoms with E-state index in [1.165, 1.54) is 28.1 Å². The number of rotatable bonds is 7. The van der Waals surface area contributed by atoms with Crippen LogP contribution in [0.4, 0.5) is 0 Å². The summed E-state index contributed by atoms with van der Waals surface area (Å²) in [6, 6.07) is 0. The van der Waals surface area contributed by atoms with Crippen molar-refractivity contribution in [3.05, 3.63) is 0 Å². The van der Waals surface area contributed by atoms with Crippen LogP contribution in [0.2, 0.25) is 0 Å². The predicted octanol–water partition coefficient (Wildman–Crippen LogP) is 0.222. The lowest BCUT2D eigenvalue weighted by Gasteiger charge is -2.19. The molecule has 0 rings (SSSR count). The molecule has 94 valence electrons. The van der Waals surface area contributed by atoms with Crippen molar-refractivity contribution in [1.82, 2.24) is 5.32 Å². The first-order valence-corrected chi connectivity index (χ1v) is 4.89. The summed E-state index contributed by atoms with van der Waals surface area (Å²) in [5, 5.41) is 11.4. The Morgan fingerprint density at radius 3 is 2.19 bits per heavy atom. The molecule has 0 unspecified atom stereocenters. The molecule has 0 aliphatic heterocycles. The Morgan fingerprint density at radius 2 is 1.81 bits per heavy atom. The second-order valence-corrected chi connectivity index (χ2v) is 4.07. The number of aliphatic carboxylic acids is 1. The molecule has 2 N–H and O–H groups in total. The second-order valence-electron chi connectivity index (χ2n) is 4.07. The first kappa shape index (κ1) is 14.9. The topological polar surface area (TPSA) is 84.9 Å². The van der Waals surface area contributed by atoms with Gasteiger partial charge in [-0.2, -0.15) is 0 Å². The zero-order chi connectivity index (χ0) is 12.8. The van der Waals surface area contributed by atoms with Gasteiger partial charge in [0.2, 0.25) is 5.91 Å². The lowest BCUT2D eigenvalue weighted by Crippen LogP contribution is -2.38. The van der Waals surface area contributed by atoms with E-state index < -0.39 is 17.7 Å². The van der Waals surface area contributed by atoms with Gasteiger partial charge in [-0.15, -0.1) is 0 Å². The van der Waals surface area contributed by atoms with Gasteiger partial charge in [-0.1, -0.05) is 0 Å². The van der Waals surface area contributed by atoms with Crippen LogP contribution in [-0.2, 0) is 19.1 Å². The lowest BCUT2D eigenvalue weighted by atomic mass is 9.89. The molecule has 0 spiro atoms. The summed E-state index contributed by atoms with van der Waals surface area (Å²) in [7, 11) is 2.92. The third-order valence-electron chi connectivity index (χ3n) is 2.17. The highest BCUT2D eigenvalue weighted by atomic mass is 16.7. The van der Waals surface area contributed by atoms with E-state index in [1.54, 1.807) is 0 Å². The summed E-state index contributed by atoms with van der Waals surface area (Å²) >= 11 is 0. The number of amides is 1. The van der Waals surface area contributed by atoms with Gasteiger partial charge >= 0.3 is 5.97 Å². The van der Waals surface area contributed by atoms with Gasteiger partial charge in [-0.05, 0) is 13.8 Å². The molecule has 0 aromatic heterocycles. The molecule has 0 heterocycles. The molecule has 0 bridgehead atoms. The Morgan fingerprint density at radius 1 is 1.31 bits per heavy atom. The van der Waals surface area contributed by atoms with Crippen molar-refractivity contribution in [2.24, 2.45) is 5.41 Å². The standard InChI is InChI=1S/C10H19NO5/c1-10(2,9(13)14)5-7(12)11-6-8(15-3)16-4/h8H,5-6H2,1-4H3,(H,11,12)(H,13,14). The fourth-order valence-corrected chi connectivity index (χ4v) is 1.000. The van der Waals surface area contributed by atoms with Crippen LogP contribution < -0.4 is 5.32 Å². The fourth-order valence-electron chi connectivity index (χ4n) is 1.000. The number of carboxylic acid groups (broad SMARTS) is 1. The average molecular weight is 233 g/mol. The Labute approximate surface area is 94.9 Å². The van der Waals surface area contributed by atoms with E-state index in [1.807, 2.05) is 0 Å². The van der Waals surface area contributed by atoms with Gasteiger partial charge in [-0.3, -0.25) is 9.59 Å². The van der Waals surface area contributed by atoms with Crippen LogP contribution in [-0.4, -0.2) is 44.0 Å². The smallest absolute Gasteiger partial charge is 0.309 e. The lowest BCUT2D eigenvalue weighted by molar-refractivity contribution is -0.150. The van der Waals surface area contributed by atoms with Crippen LogP contribution in [0.3, 0.4) is 0 Å². The molecule has 0 aromatic carbocycles. The molecule has 16 heavy (non-hydrogen) atoms. The number of nitrogens with one attached hydrogen (secondary N) is 1. The molecule has 0 radical (unpaired) electrons. The highest BCUT2D eigenvalue weighted by Gasteiger charge is 2.30. The molecular formula is C10H19NO5. The van der Waals surface area contributed by atoms with E-state index in [9.17, 15) is 9.59 Å². The van der Waals surface area contributed by atoms with Gasteiger partial charge in [-0.25, -0.2) is 0 Å². The van der Waals surface area contributed by atoms with Crippen LogP contribution in [0, 0.1) is 5.41 Å². The van der Waals surface area contributed by atoms with E-state index in [0.717, 1.165) is 0 Å². The summed E-state index contributed by atoms with van der Waals surface area (Å²) in [5.41, 5.74) is -1.07. The highest BCUT2D eigenvalue weighted by Crippen LogP contribution is 2.19. The predicted molar refractivity (Wildman–Crippen MR) is 56.8 cm³/mol. The monoisotopic (exact) mass is 233 g/mol. The van der Waals surface area contributed by atoms with Gasteiger partial charge < -0.3 is 19.9 Å². The largest absolute Gasteiger partial charge is 0.481 e. The number of hydrogen-bond donors (Lipinski definition) is 2. The molecule has 0 saturated heterocycles.